The monoisotopic (exact) mass is 164 g/mol. The average Bonchev–Trinajstić information content (AvgIpc) is 2.32. The maximum atomic E-state index is 10.3. The molecule has 0 aliphatic rings. The smallest absolute Gasteiger partial charge is 0.128 e. The van der Waals surface area contributed by atoms with Gasteiger partial charge in [-0.15, -0.1) is 11.5 Å². The van der Waals surface area contributed by atoms with E-state index in [-0.39, 0.29) is 0 Å². The van der Waals surface area contributed by atoms with E-state index in [1.807, 2.05) is 18.4 Å². The molecule has 3 heteroatoms. The van der Waals surface area contributed by atoms with Crippen LogP contribution in [0.3, 0.4) is 0 Å². The molecule has 0 unspecified atom stereocenters. The molecule has 0 bridgehead atoms. The SMILES string of the molecule is C=CCn1c(C)cc(N=O)c1C. The zero-order valence-electron chi connectivity index (χ0n) is 7.37. The summed E-state index contributed by atoms with van der Waals surface area (Å²) in [5, 5.41) is 2.93. The molecule has 0 atom stereocenters. The molecule has 64 valence electrons. The molecule has 0 aliphatic heterocycles. The number of allylic oxidation sites excluding steroid dienone is 1. The molecule has 0 aliphatic carbocycles. The molecule has 12 heavy (non-hydrogen) atoms. The number of aromatic nitrogens is 1. The van der Waals surface area contributed by atoms with Crippen LogP contribution in [0.1, 0.15) is 11.4 Å². The first-order chi connectivity index (χ1) is 5.70. The van der Waals surface area contributed by atoms with Crippen LogP contribution in [0, 0.1) is 18.8 Å². The van der Waals surface area contributed by atoms with Crippen LogP contribution in [0.25, 0.3) is 0 Å². The summed E-state index contributed by atoms with van der Waals surface area (Å²) in [4.78, 5) is 10.3. The highest BCUT2D eigenvalue weighted by Crippen LogP contribution is 2.22. The van der Waals surface area contributed by atoms with Gasteiger partial charge in [-0.25, -0.2) is 0 Å². The fraction of sp³-hybridized carbons (Fsp3) is 0.333. The molecular weight excluding hydrogens is 152 g/mol. The van der Waals surface area contributed by atoms with E-state index >= 15 is 0 Å². The van der Waals surface area contributed by atoms with E-state index in [2.05, 4.69) is 11.8 Å². The Hall–Kier alpha value is -1.38. The minimum Gasteiger partial charge on any atom is -0.343 e. The predicted molar refractivity (Wildman–Crippen MR) is 49.6 cm³/mol. The van der Waals surface area contributed by atoms with E-state index in [0.717, 1.165) is 17.9 Å². The molecular formula is C9H12N2O. The summed E-state index contributed by atoms with van der Waals surface area (Å²) in [7, 11) is 0. The summed E-state index contributed by atoms with van der Waals surface area (Å²) in [5.74, 6) is 0. The van der Waals surface area contributed by atoms with E-state index < -0.39 is 0 Å². The molecule has 1 aromatic rings. The third-order valence-corrected chi connectivity index (χ3v) is 1.96. The van der Waals surface area contributed by atoms with Crippen LogP contribution in [0.2, 0.25) is 0 Å². The molecule has 0 radical (unpaired) electrons. The van der Waals surface area contributed by atoms with Gasteiger partial charge in [0, 0.05) is 17.9 Å². The third-order valence-electron chi connectivity index (χ3n) is 1.96. The first-order valence-corrected chi connectivity index (χ1v) is 3.81. The van der Waals surface area contributed by atoms with Crippen LogP contribution in [0.4, 0.5) is 5.69 Å². The van der Waals surface area contributed by atoms with Crippen LogP contribution in [-0.4, -0.2) is 4.57 Å². The van der Waals surface area contributed by atoms with Gasteiger partial charge in [0.1, 0.15) is 5.69 Å². The zero-order chi connectivity index (χ0) is 9.14. The second-order valence-corrected chi connectivity index (χ2v) is 2.75. The highest BCUT2D eigenvalue weighted by molar-refractivity contribution is 5.45. The molecule has 0 spiro atoms. The second-order valence-electron chi connectivity index (χ2n) is 2.75. The lowest BCUT2D eigenvalue weighted by Gasteiger charge is -2.03. The van der Waals surface area contributed by atoms with Crippen molar-refractivity contribution in [2.24, 2.45) is 5.18 Å². The van der Waals surface area contributed by atoms with Crippen molar-refractivity contribution in [2.75, 3.05) is 0 Å². The van der Waals surface area contributed by atoms with Gasteiger partial charge in [0.2, 0.25) is 0 Å². The van der Waals surface area contributed by atoms with Crippen molar-refractivity contribution in [3.05, 3.63) is 35.0 Å². The molecule has 0 fully saturated rings. The largest absolute Gasteiger partial charge is 0.343 e. The van der Waals surface area contributed by atoms with E-state index in [9.17, 15) is 4.91 Å². The topological polar surface area (TPSA) is 34.4 Å². The van der Waals surface area contributed by atoms with Crippen LogP contribution in [0.15, 0.2) is 23.9 Å². The van der Waals surface area contributed by atoms with Crippen LogP contribution in [0.5, 0.6) is 0 Å². The Morgan fingerprint density at radius 1 is 1.67 bits per heavy atom. The van der Waals surface area contributed by atoms with Crippen molar-refractivity contribution in [1.82, 2.24) is 4.57 Å². The molecule has 1 heterocycles. The van der Waals surface area contributed by atoms with Crippen molar-refractivity contribution in [3.8, 4) is 0 Å². The van der Waals surface area contributed by atoms with Gasteiger partial charge >= 0.3 is 0 Å². The Labute approximate surface area is 71.7 Å². The standard InChI is InChI=1S/C9H12N2O/c1-4-5-11-7(2)6-9(10-12)8(11)3/h4,6H,1,5H2,2-3H3. The number of nitrogens with zero attached hydrogens (tertiary/aromatic N) is 2. The van der Waals surface area contributed by atoms with Gasteiger partial charge in [-0.1, -0.05) is 6.08 Å². The van der Waals surface area contributed by atoms with Crippen molar-refractivity contribution < 1.29 is 0 Å². The summed E-state index contributed by atoms with van der Waals surface area (Å²) >= 11 is 0. The Kier molecular flexibility index (Phi) is 2.43. The van der Waals surface area contributed by atoms with Gasteiger partial charge in [0.15, 0.2) is 0 Å². The molecule has 0 saturated carbocycles. The van der Waals surface area contributed by atoms with Gasteiger partial charge in [-0.3, -0.25) is 0 Å². The summed E-state index contributed by atoms with van der Waals surface area (Å²) in [6, 6.07) is 1.78. The summed E-state index contributed by atoms with van der Waals surface area (Å²) < 4.78 is 2.00. The number of nitroso groups, excluding NO2 is 1. The molecule has 1 rings (SSSR count). The van der Waals surface area contributed by atoms with Gasteiger partial charge < -0.3 is 4.57 Å². The quantitative estimate of drug-likeness (QED) is 0.499. The van der Waals surface area contributed by atoms with Crippen molar-refractivity contribution in [1.29, 1.82) is 0 Å². The molecule has 0 saturated heterocycles. The summed E-state index contributed by atoms with van der Waals surface area (Å²) in [6.07, 6.45) is 1.80. The van der Waals surface area contributed by atoms with E-state index in [1.54, 1.807) is 12.1 Å². The summed E-state index contributed by atoms with van der Waals surface area (Å²) in [5.41, 5.74) is 2.47. The number of aryl methyl sites for hydroxylation is 1. The minimum atomic E-state index is 0.523. The maximum Gasteiger partial charge on any atom is 0.128 e. The van der Waals surface area contributed by atoms with Crippen molar-refractivity contribution in [2.45, 2.75) is 20.4 Å². The fourth-order valence-electron chi connectivity index (χ4n) is 1.29. The zero-order valence-corrected chi connectivity index (χ0v) is 7.37. The van der Waals surface area contributed by atoms with Crippen molar-refractivity contribution >= 4 is 5.69 Å². The highest BCUT2D eigenvalue weighted by Gasteiger charge is 2.06. The molecule has 0 N–H and O–H groups in total. The van der Waals surface area contributed by atoms with Crippen molar-refractivity contribution in [3.63, 3.8) is 0 Å². The molecule has 1 aromatic heterocycles. The van der Waals surface area contributed by atoms with E-state index in [1.165, 1.54) is 0 Å². The third kappa shape index (κ3) is 1.30. The van der Waals surface area contributed by atoms with Crippen LogP contribution >= 0.6 is 0 Å². The Bertz CT molecular complexity index is 313. The van der Waals surface area contributed by atoms with Crippen LogP contribution in [-0.2, 0) is 6.54 Å². The number of rotatable bonds is 3. The molecule has 0 amide bonds. The first-order valence-electron chi connectivity index (χ1n) is 3.81. The normalized spacial score (nSPS) is 9.83. The first kappa shape index (κ1) is 8.71. The Balaban J connectivity index is 3.17. The van der Waals surface area contributed by atoms with Gasteiger partial charge in [0.05, 0.1) is 0 Å². The fourth-order valence-corrected chi connectivity index (χ4v) is 1.29. The Morgan fingerprint density at radius 2 is 2.33 bits per heavy atom. The highest BCUT2D eigenvalue weighted by atomic mass is 16.3. The lowest BCUT2D eigenvalue weighted by Crippen LogP contribution is -1.98. The average molecular weight is 164 g/mol. The lowest BCUT2D eigenvalue weighted by atomic mass is 10.4. The second kappa shape index (κ2) is 3.34. The Morgan fingerprint density at radius 3 is 2.75 bits per heavy atom. The summed E-state index contributed by atoms with van der Waals surface area (Å²) in [6.45, 7) is 8.20. The maximum absolute atomic E-state index is 10.3. The van der Waals surface area contributed by atoms with E-state index in [0.29, 0.717) is 5.69 Å². The predicted octanol–water partition coefficient (Wildman–Crippen LogP) is 2.69. The number of hydrogen-bond donors (Lipinski definition) is 0. The van der Waals surface area contributed by atoms with Gasteiger partial charge in [-0.05, 0) is 25.1 Å². The minimum absolute atomic E-state index is 0.523. The van der Waals surface area contributed by atoms with Crippen LogP contribution < -0.4 is 0 Å². The van der Waals surface area contributed by atoms with Gasteiger partial charge in [0.25, 0.3) is 0 Å². The molecule has 0 aromatic carbocycles. The number of hydrogen-bond acceptors (Lipinski definition) is 2. The lowest BCUT2D eigenvalue weighted by molar-refractivity contribution is 0.769. The van der Waals surface area contributed by atoms with E-state index in [4.69, 9.17) is 0 Å². The van der Waals surface area contributed by atoms with Gasteiger partial charge in [-0.2, -0.15) is 0 Å². The molecule has 3 nitrogen and oxygen atoms in total.